The van der Waals surface area contributed by atoms with Crippen LogP contribution in [-0.4, -0.2) is 42.9 Å². The lowest BCUT2D eigenvalue weighted by molar-refractivity contribution is -0.886. The first kappa shape index (κ1) is 23.4. The maximum absolute atomic E-state index is 13.1. The minimum absolute atomic E-state index is 0.123. The van der Waals surface area contributed by atoms with Gasteiger partial charge in [0.1, 0.15) is 0 Å². The van der Waals surface area contributed by atoms with E-state index in [1.54, 1.807) is 18.9 Å². The minimum atomic E-state index is -4.56. The Hall–Kier alpha value is -2.87. The summed E-state index contributed by atoms with van der Waals surface area (Å²) in [7, 11) is 1.67. The number of para-hydroxylation sites is 1. The molecule has 8 heteroatoms. The predicted octanol–water partition coefficient (Wildman–Crippen LogP) is 2.60. The lowest BCUT2D eigenvalue weighted by Gasteiger charge is -2.27. The van der Waals surface area contributed by atoms with Crippen LogP contribution >= 0.6 is 0 Å². The van der Waals surface area contributed by atoms with Crippen molar-refractivity contribution in [2.24, 2.45) is 0 Å². The van der Waals surface area contributed by atoms with E-state index in [0.717, 1.165) is 11.6 Å². The highest BCUT2D eigenvalue weighted by atomic mass is 19.4. The highest BCUT2D eigenvalue weighted by Gasteiger charge is 2.34. The highest BCUT2D eigenvalue weighted by molar-refractivity contribution is 5.92. The topological polar surface area (TPSA) is 53.9 Å². The van der Waals surface area contributed by atoms with Crippen LogP contribution in [-0.2, 0) is 22.3 Å². The average Bonchev–Trinajstić information content (AvgIpc) is 2.71. The number of hydrogen-bond donors (Lipinski definition) is 2. The lowest BCUT2D eigenvalue weighted by Crippen LogP contribution is -3.15. The van der Waals surface area contributed by atoms with Gasteiger partial charge in [-0.2, -0.15) is 13.2 Å². The third-order valence-electron chi connectivity index (χ3n) is 4.97. The highest BCUT2D eigenvalue weighted by Crippen LogP contribution is 2.34. The molecule has 2 rings (SSSR count). The monoisotopic (exact) mass is 422 g/mol. The lowest BCUT2D eigenvalue weighted by atomic mass is 10.1. The maximum atomic E-state index is 13.1. The molecule has 162 valence electrons. The number of benzene rings is 2. The number of likely N-dealkylation sites (N-methyl/N-ethyl adjacent to an activating group) is 2. The van der Waals surface area contributed by atoms with Crippen molar-refractivity contribution in [1.29, 1.82) is 0 Å². The molecule has 0 heterocycles. The first-order chi connectivity index (χ1) is 14.1. The van der Waals surface area contributed by atoms with E-state index in [0.29, 0.717) is 18.0 Å². The van der Waals surface area contributed by atoms with Crippen LogP contribution in [0.25, 0.3) is 0 Å². The number of nitrogens with one attached hydrogen (secondary N) is 2. The molecule has 0 aliphatic carbocycles. The van der Waals surface area contributed by atoms with Crippen LogP contribution in [0.3, 0.4) is 0 Å². The summed E-state index contributed by atoms with van der Waals surface area (Å²) in [4.78, 5) is 27.5. The predicted molar refractivity (Wildman–Crippen MR) is 109 cm³/mol. The van der Waals surface area contributed by atoms with Gasteiger partial charge in [-0.05, 0) is 31.5 Å². The molecule has 0 saturated carbocycles. The summed E-state index contributed by atoms with van der Waals surface area (Å²) in [5, 5.41) is 2.32. The van der Waals surface area contributed by atoms with E-state index >= 15 is 0 Å². The molecule has 2 atom stereocenters. The summed E-state index contributed by atoms with van der Waals surface area (Å²) >= 11 is 0. The number of alkyl halides is 3. The Morgan fingerprint density at radius 3 is 2.27 bits per heavy atom. The van der Waals surface area contributed by atoms with Crippen LogP contribution in [0.5, 0.6) is 0 Å². The van der Waals surface area contributed by atoms with Crippen LogP contribution in [0.2, 0.25) is 0 Å². The number of carbonyl (C=O) groups is 2. The molecule has 30 heavy (non-hydrogen) atoms. The van der Waals surface area contributed by atoms with Crippen LogP contribution in [0, 0.1) is 0 Å². The molecular formula is C22H27F3N3O2+. The Bertz CT molecular complexity index is 856. The van der Waals surface area contributed by atoms with Gasteiger partial charge in [0.05, 0.1) is 18.3 Å². The Morgan fingerprint density at radius 2 is 1.67 bits per heavy atom. The van der Waals surface area contributed by atoms with Crippen molar-refractivity contribution in [3.05, 3.63) is 65.7 Å². The van der Waals surface area contributed by atoms with E-state index in [4.69, 9.17) is 0 Å². The number of anilines is 1. The van der Waals surface area contributed by atoms with Gasteiger partial charge < -0.3 is 15.1 Å². The zero-order valence-corrected chi connectivity index (χ0v) is 17.3. The third kappa shape index (κ3) is 6.32. The SMILES string of the molecule is CCN(Cc1ccccc1)C(=O)[C@@H](C)[NH+](C)CC(=O)Nc1ccccc1C(F)(F)F. The fourth-order valence-corrected chi connectivity index (χ4v) is 3.07. The molecular weight excluding hydrogens is 395 g/mol. The van der Waals surface area contributed by atoms with Gasteiger partial charge in [-0.1, -0.05) is 42.5 Å². The zero-order chi connectivity index (χ0) is 22.3. The van der Waals surface area contributed by atoms with E-state index < -0.39 is 23.7 Å². The van der Waals surface area contributed by atoms with Gasteiger partial charge in [-0.25, -0.2) is 0 Å². The quantitative estimate of drug-likeness (QED) is 0.687. The summed E-state index contributed by atoms with van der Waals surface area (Å²) in [5.74, 6) is -0.711. The Kier molecular flexibility index (Phi) is 8.00. The standard InChI is InChI=1S/C22H26F3N3O2/c1-4-28(14-17-10-6-5-7-11-17)21(30)16(2)27(3)15-20(29)26-19-13-9-8-12-18(19)22(23,24)25/h5-13,16H,4,14-15H2,1-3H3,(H,26,29)/p+1/t16-/m1/s1. The van der Waals surface area contributed by atoms with Crippen molar-refractivity contribution >= 4 is 17.5 Å². The zero-order valence-electron chi connectivity index (χ0n) is 17.3. The van der Waals surface area contributed by atoms with Gasteiger partial charge in [0.15, 0.2) is 12.6 Å². The molecule has 2 aromatic carbocycles. The molecule has 0 bridgehead atoms. The second kappa shape index (κ2) is 10.2. The summed E-state index contributed by atoms with van der Waals surface area (Å²) in [6.45, 7) is 4.42. The number of hydrogen-bond acceptors (Lipinski definition) is 2. The van der Waals surface area contributed by atoms with Crippen LogP contribution in [0.1, 0.15) is 25.0 Å². The molecule has 0 saturated heterocycles. The van der Waals surface area contributed by atoms with Gasteiger partial charge in [0.2, 0.25) is 0 Å². The fourth-order valence-electron chi connectivity index (χ4n) is 3.07. The molecule has 0 fully saturated rings. The van der Waals surface area contributed by atoms with Crippen LogP contribution in [0.15, 0.2) is 54.6 Å². The number of nitrogens with zero attached hydrogens (tertiary/aromatic N) is 1. The molecule has 2 aromatic rings. The van der Waals surface area contributed by atoms with Crippen molar-refractivity contribution < 1.29 is 27.7 Å². The molecule has 2 N–H and O–H groups in total. The van der Waals surface area contributed by atoms with Crippen molar-refractivity contribution in [3.63, 3.8) is 0 Å². The maximum Gasteiger partial charge on any atom is 0.418 e. The van der Waals surface area contributed by atoms with Crippen LogP contribution < -0.4 is 10.2 Å². The number of carbonyl (C=O) groups excluding carboxylic acids is 2. The molecule has 0 aliphatic rings. The summed E-state index contributed by atoms with van der Waals surface area (Å²) in [6, 6.07) is 13.9. The molecule has 1 unspecified atom stereocenters. The van der Waals surface area contributed by atoms with Crippen molar-refractivity contribution in [3.8, 4) is 0 Å². The molecule has 0 radical (unpaired) electrons. The van der Waals surface area contributed by atoms with Gasteiger partial charge in [0.25, 0.3) is 11.8 Å². The van der Waals surface area contributed by atoms with Crippen molar-refractivity contribution in [2.75, 3.05) is 25.5 Å². The molecule has 0 aliphatic heterocycles. The van der Waals surface area contributed by atoms with E-state index in [2.05, 4.69) is 5.32 Å². The van der Waals surface area contributed by atoms with Crippen molar-refractivity contribution in [2.45, 2.75) is 32.6 Å². The molecule has 0 spiro atoms. The Morgan fingerprint density at radius 1 is 1.07 bits per heavy atom. The molecule has 0 aromatic heterocycles. The van der Waals surface area contributed by atoms with E-state index in [9.17, 15) is 22.8 Å². The van der Waals surface area contributed by atoms with Crippen molar-refractivity contribution in [1.82, 2.24) is 4.90 Å². The normalized spacial score (nSPS) is 13.4. The Balaban J connectivity index is 2.00. The molecule has 5 nitrogen and oxygen atoms in total. The van der Waals surface area contributed by atoms with Gasteiger partial charge in [-0.3, -0.25) is 9.59 Å². The minimum Gasteiger partial charge on any atom is -0.334 e. The number of quaternary nitrogens is 1. The third-order valence-corrected chi connectivity index (χ3v) is 4.97. The average molecular weight is 422 g/mol. The van der Waals surface area contributed by atoms with Gasteiger partial charge >= 0.3 is 6.18 Å². The first-order valence-electron chi connectivity index (χ1n) is 9.74. The molecule has 2 amide bonds. The summed E-state index contributed by atoms with van der Waals surface area (Å²) < 4.78 is 39.3. The van der Waals surface area contributed by atoms with E-state index in [1.807, 2.05) is 37.3 Å². The summed E-state index contributed by atoms with van der Waals surface area (Å²) in [6.07, 6.45) is -4.56. The number of halogens is 3. The summed E-state index contributed by atoms with van der Waals surface area (Å²) in [5.41, 5.74) is -0.194. The largest absolute Gasteiger partial charge is 0.418 e. The second-order valence-electron chi connectivity index (χ2n) is 7.17. The smallest absolute Gasteiger partial charge is 0.334 e. The number of rotatable bonds is 8. The number of amides is 2. The fraction of sp³-hybridized carbons (Fsp3) is 0.364. The Labute approximate surface area is 174 Å². The van der Waals surface area contributed by atoms with E-state index in [-0.39, 0.29) is 18.1 Å². The first-order valence-corrected chi connectivity index (χ1v) is 9.74. The van der Waals surface area contributed by atoms with Gasteiger partial charge in [-0.15, -0.1) is 0 Å². The van der Waals surface area contributed by atoms with Crippen LogP contribution in [0.4, 0.5) is 18.9 Å². The second-order valence-corrected chi connectivity index (χ2v) is 7.17. The van der Waals surface area contributed by atoms with E-state index in [1.165, 1.54) is 18.2 Å². The van der Waals surface area contributed by atoms with Gasteiger partial charge in [0, 0.05) is 13.1 Å².